The Morgan fingerprint density at radius 1 is 1.54 bits per heavy atom. The van der Waals surface area contributed by atoms with Crippen LogP contribution >= 0.6 is 0 Å². The lowest BCUT2D eigenvalue weighted by molar-refractivity contribution is -0.150. The van der Waals surface area contributed by atoms with Crippen molar-refractivity contribution in [3.8, 4) is 24.3 Å². The van der Waals surface area contributed by atoms with Crippen molar-refractivity contribution >= 4 is 5.97 Å². The molecule has 1 aliphatic rings. The van der Waals surface area contributed by atoms with E-state index in [9.17, 15) is 14.7 Å². The van der Waals surface area contributed by atoms with E-state index < -0.39 is 24.3 Å². The molecule has 7 nitrogen and oxygen atoms in total. The smallest absolute Gasteiger partial charge is 0.334 e. The number of carbonyl (C=O) groups excluding carboxylic acids is 1. The molecule has 1 saturated carbocycles. The van der Waals surface area contributed by atoms with Crippen LogP contribution in [0.2, 0.25) is 0 Å². The fourth-order valence-electron chi connectivity index (χ4n) is 3.01. The number of ether oxygens (including phenoxy) is 1. The van der Waals surface area contributed by atoms with E-state index in [4.69, 9.17) is 16.4 Å². The van der Waals surface area contributed by atoms with Crippen LogP contribution in [0, 0.1) is 40.9 Å². The van der Waals surface area contributed by atoms with Gasteiger partial charge in [-0.2, -0.15) is 5.26 Å². The first kappa shape index (κ1) is 19.1. The summed E-state index contributed by atoms with van der Waals surface area (Å²) in [6.07, 6.45) is 11.6. The Hall–Kier alpha value is -3.19. The Morgan fingerprint density at radius 3 is 2.81 bits per heavy atom. The lowest BCUT2D eigenvalue weighted by Crippen LogP contribution is -2.26. The van der Waals surface area contributed by atoms with Crippen LogP contribution < -0.4 is 5.69 Å². The number of nitriles is 1. The third kappa shape index (κ3) is 3.57. The topological polar surface area (TPSA) is 97.2 Å². The molecule has 1 aromatic rings. The second kappa shape index (κ2) is 7.37. The molecular weight excluding hydrogens is 334 g/mol. The van der Waals surface area contributed by atoms with Crippen molar-refractivity contribution in [1.82, 2.24) is 9.13 Å². The third-order valence-corrected chi connectivity index (χ3v) is 4.62. The average molecular weight is 355 g/mol. The molecule has 1 aromatic heterocycles. The summed E-state index contributed by atoms with van der Waals surface area (Å²) < 4.78 is 7.29. The Balaban J connectivity index is 2.09. The molecule has 1 aliphatic carbocycles. The molecule has 0 aliphatic heterocycles. The first-order chi connectivity index (χ1) is 12.3. The standard InChI is InChI=1S/C19H21N3O4/c1-5-7-13(10-20)9-14-16(19(14,3)4)17(24)26-12-22-15(23)11-21(8-6-2)18(22)25/h2,5,7,9,11,14,16,23H,8,12H2,1,3-4H3. The predicted octanol–water partition coefficient (Wildman–Crippen LogP) is 1.79. The molecule has 0 radical (unpaired) electrons. The quantitative estimate of drug-likeness (QED) is 0.363. The van der Waals surface area contributed by atoms with Gasteiger partial charge in [0.2, 0.25) is 5.88 Å². The summed E-state index contributed by atoms with van der Waals surface area (Å²) in [6.45, 7) is 5.25. The second-order valence-electron chi connectivity index (χ2n) is 6.68. The van der Waals surface area contributed by atoms with E-state index in [1.165, 1.54) is 6.20 Å². The predicted molar refractivity (Wildman–Crippen MR) is 94.6 cm³/mol. The molecule has 1 N–H and O–H groups in total. The lowest BCUT2D eigenvalue weighted by Gasteiger charge is -2.06. The van der Waals surface area contributed by atoms with Gasteiger partial charge in [-0.15, -0.1) is 6.42 Å². The molecular formula is C19H21N3O4. The zero-order chi connectivity index (χ0) is 19.5. The molecule has 0 amide bonds. The molecule has 1 fully saturated rings. The highest BCUT2D eigenvalue weighted by atomic mass is 16.5. The number of hydrogen-bond acceptors (Lipinski definition) is 5. The number of carbonyl (C=O) groups is 1. The van der Waals surface area contributed by atoms with Gasteiger partial charge in [-0.1, -0.05) is 31.9 Å². The molecule has 1 heterocycles. The fraction of sp³-hybridized carbons (Fsp3) is 0.421. The van der Waals surface area contributed by atoms with Crippen molar-refractivity contribution in [1.29, 1.82) is 5.26 Å². The molecule has 0 bridgehead atoms. The van der Waals surface area contributed by atoms with Gasteiger partial charge < -0.3 is 9.84 Å². The van der Waals surface area contributed by atoms with Crippen LogP contribution in [0.4, 0.5) is 0 Å². The van der Waals surface area contributed by atoms with Crippen LogP contribution in [0.3, 0.4) is 0 Å². The molecule has 2 rings (SSSR count). The molecule has 0 saturated heterocycles. The summed E-state index contributed by atoms with van der Waals surface area (Å²) in [5.41, 5.74) is -0.413. The Morgan fingerprint density at radius 2 is 2.23 bits per heavy atom. The summed E-state index contributed by atoms with van der Waals surface area (Å²) in [4.78, 5) is 24.5. The van der Waals surface area contributed by atoms with Crippen LogP contribution in [-0.2, 0) is 22.8 Å². The monoisotopic (exact) mass is 355 g/mol. The molecule has 26 heavy (non-hydrogen) atoms. The summed E-state index contributed by atoms with van der Waals surface area (Å²) in [5.74, 6) is 0.948. The molecule has 0 spiro atoms. The van der Waals surface area contributed by atoms with E-state index in [0.717, 1.165) is 9.13 Å². The van der Waals surface area contributed by atoms with E-state index in [2.05, 4.69) is 12.0 Å². The minimum Gasteiger partial charge on any atom is -0.493 e. The summed E-state index contributed by atoms with van der Waals surface area (Å²) in [5, 5.41) is 18.9. The lowest BCUT2D eigenvalue weighted by atomic mass is 10.1. The van der Waals surface area contributed by atoms with Gasteiger partial charge in [-0.05, 0) is 24.3 Å². The first-order valence-corrected chi connectivity index (χ1v) is 8.11. The van der Waals surface area contributed by atoms with Crippen molar-refractivity contribution in [2.45, 2.75) is 34.0 Å². The SMILES string of the molecule is C#CCn1cc(O)n(COC(=O)C2C(C=C(C#N)C=CC)C2(C)C)c1=O. The average Bonchev–Trinajstić information content (AvgIpc) is 3.02. The highest BCUT2D eigenvalue weighted by Gasteiger charge is 2.61. The number of hydrogen-bond donors (Lipinski definition) is 1. The molecule has 2 unspecified atom stereocenters. The number of aromatic nitrogens is 2. The van der Waals surface area contributed by atoms with Gasteiger partial charge in [0.15, 0.2) is 6.73 Å². The Kier molecular flexibility index (Phi) is 5.42. The van der Waals surface area contributed by atoms with Crippen molar-refractivity contribution in [2.24, 2.45) is 17.3 Å². The number of esters is 1. The number of allylic oxidation sites excluding steroid dienone is 4. The summed E-state index contributed by atoms with van der Waals surface area (Å²) >= 11 is 0. The summed E-state index contributed by atoms with van der Waals surface area (Å²) in [7, 11) is 0. The zero-order valence-electron chi connectivity index (χ0n) is 15.0. The first-order valence-electron chi connectivity index (χ1n) is 8.11. The van der Waals surface area contributed by atoms with Gasteiger partial charge in [0.25, 0.3) is 0 Å². The van der Waals surface area contributed by atoms with Crippen LogP contribution in [0.25, 0.3) is 0 Å². The maximum Gasteiger partial charge on any atom is 0.334 e. The van der Waals surface area contributed by atoms with Gasteiger partial charge in [0, 0.05) is 5.57 Å². The number of aromatic hydroxyl groups is 1. The van der Waals surface area contributed by atoms with Gasteiger partial charge >= 0.3 is 11.7 Å². The van der Waals surface area contributed by atoms with Crippen molar-refractivity contribution in [3.63, 3.8) is 0 Å². The van der Waals surface area contributed by atoms with Crippen molar-refractivity contribution < 1.29 is 14.6 Å². The Labute approximate surface area is 151 Å². The van der Waals surface area contributed by atoms with Crippen molar-refractivity contribution in [2.75, 3.05) is 0 Å². The minimum absolute atomic E-state index is 0.0117. The minimum atomic E-state index is -0.556. The van der Waals surface area contributed by atoms with Gasteiger partial charge in [-0.25, -0.2) is 9.36 Å². The number of rotatable bonds is 6. The van der Waals surface area contributed by atoms with Crippen molar-refractivity contribution in [3.05, 3.63) is 40.5 Å². The second-order valence-corrected chi connectivity index (χ2v) is 6.68. The van der Waals surface area contributed by atoms with E-state index in [-0.39, 0.29) is 23.8 Å². The van der Waals surface area contributed by atoms with E-state index in [1.807, 2.05) is 20.8 Å². The Bertz CT molecular complexity index is 903. The third-order valence-electron chi connectivity index (χ3n) is 4.62. The number of nitrogens with zero attached hydrogens (tertiary/aromatic N) is 3. The highest BCUT2D eigenvalue weighted by molar-refractivity contribution is 5.78. The number of imidazole rings is 1. The number of terminal acetylenes is 1. The summed E-state index contributed by atoms with van der Waals surface area (Å²) in [6, 6.07) is 2.08. The van der Waals surface area contributed by atoms with Crippen LogP contribution in [0.1, 0.15) is 20.8 Å². The van der Waals surface area contributed by atoms with E-state index >= 15 is 0 Å². The molecule has 136 valence electrons. The largest absolute Gasteiger partial charge is 0.493 e. The van der Waals surface area contributed by atoms with E-state index in [1.54, 1.807) is 18.2 Å². The maximum atomic E-state index is 12.4. The molecule has 2 atom stereocenters. The van der Waals surface area contributed by atoms with Gasteiger partial charge in [0.05, 0.1) is 24.7 Å². The highest BCUT2D eigenvalue weighted by Crippen LogP contribution is 2.59. The normalized spacial score (nSPS) is 21.2. The zero-order valence-corrected chi connectivity index (χ0v) is 15.0. The fourth-order valence-corrected chi connectivity index (χ4v) is 3.01. The van der Waals surface area contributed by atoms with Crippen LogP contribution in [0.5, 0.6) is 5.88 Å². The van der Waals surface area contributed by atoms with Crippen LogP contribution in [-0.4, -0.2) is 20.2 Å². The maximum absolute atomic E-state index is 12.4. The van der Waals surface area contributed by atoms with Crippen LogP contribution in [0.15, 0.2) is 34.8 Å². The molecule has 7 heteroatoms. The van der Waals surface area contributed by atoms with E-state index in [0.29, 0.717) is 5.57 Å². The van der Waals surface area contributed by atoms with Gasteiger partial charge in [0.1, 0.15) is 0 Å². The van der Waals surface area contributed by atoms with Gasteiger partial charge in [-0.3, -0.25) is 9.36 Å². The molecule has 0 aromatic carbocycles.